The SMILES string of the molecule is COc1ccc(C(=O)c2ccccc2O)cc1OC. The molecule has 19 heavy (non-hydrogen) atoms. The van der Waals surface area contributed by atoms with E-state index in [0.717, 1.165) is 0 Å². The molecule has 0 saturated heterocycles. The average molecular weight is 258 g/mol. The first-order valence-electron chi connectivity index (χ1n) is 5.72. The van der Waals surface area contributed by atoms with E-state index in [1.165, 1.54) is 20.3 Å². The van der Waals surface area contributed by atoms with Crippen molar-refractivity contribution in [1.29, 1.82) is 0 Å². The monoisotopic (exact) mass is 258 g/mol. The summed E-state index contributed by atoms with van der Waals surface area (Å²) in [5.74, 6) is 0.724. The summed E-state index contributed by atoms with van der Waals surface area (Å²) >= 11 is 0. The fourth-order valence-corrected chi connectivity index (χ4v) is 1.80. The van der Waals surface area contributed by atoms with Crippen LogP contribution in [0.5, 0.6) is 17.2 Å². The van der Waals surface area contributed by atoms with Gasteiger partial charge in [-0.3, -0.25) is 4.79 Å². The van der Waals surface area contributed by atoms with E-state index >= 15 is 0 Å². The van der Waals surface area contributed by atoms with E-state index in [4.69, 9.17) is 9.47 Å². The van der Waals surface area contributed by atoms with E-state index in [1.54, 1.807) is 36.4 Å². The number of hydrogen-bond acceptors (Lipinski definition) is 4. The molecule has 4 heteroatoms. The molecule has 0 unspecified atom stereocenters. The second-order valence-electron chi connectivity index (χ2n) is 3.92. The van der Waals surface area contributed by atoms with Crippen LogP contribution >= 0.6 is 0 Å². The third kappa shape index (κ3) is 2.52. The summed E-state index contributed by atoms with van der Waals surface area (Å²) in [6, 6.07) is 11.3. The van der Waals surface area contributed by atoms with Gasteiger partial charge < -0.3 is 14.6 Å². The molecule has 2 aromatic rings. The Labute approximate surface area is 111 Å². The second-order valence-corrected chi connectivity index (χ2v) is 3.92. The maximum Gasteiger partial charge on any atom is 0.196 e. The van der Waals surface area contributed by atoms with Gasteiger partial charge in [0.2, 0.25) is 0 Å². The summed E-state index contributed by atoms with van der Waals surface area (Å²) in [4.78, 5) is 12.3. The van der Waals surface area contributed by atoms with Crippen LogP contribution in [0.3, 0.4) is 0 Å². The average Bonchev–Trinajstić information content (AvgIpc) is 2.46. The highest BCUT2D eigenvalue weighted by molar-refractivity contribution is 6.10. The zero-order valence-corrected chi connectivity index (χ0v) is 10.7. The fraction of sp³-hybridized carbons (Fsp3) is 0.133. The number of phenolic OH excluding ortho intramolecular Hbond substituents is 1. The Hall–Kier alpha value is -2.49. The van der Waals surface area contributed by atoms with Crippen molar-refractivity contribution < 1.29 is 19.4 Å². The number of aromatic hydroxyl groups is 1. The summed E-state index contributed by atoms with van der Waals surface area (Å²) < 4.78 is 10.3. The van der Waals surface area contributed by atoms with Gasteiger partial charge in [-0.2, -0.15) is 0 Å². The van der Waals surface area contributed by atoms with Crippen molar-refractivity contribution in [3.63, 3.8) is 0 Å². The van der Waals surface area contributed by atoms with E-state index in [9.17, 15) is 9.90 Å². The number of methoxy groups -OCH3 is 2. The highest BCUT2D eigenvalue weighted by Gasteiger charge is 2.15. The zero-order valence-electron chi connectivity index (χ0n) is 10.7. The van der Waals surface area contributed by atoms with Crippen LogP contribution in [-0.4, -0.2) is 25.1 Å². The number of benzene rings is 2. The Bertz CT molecular complexity index is 605. The van der Waals surface area contributed by atoms with Crippen LogP contribution in [0, 0.1) is 0 Å². The van der Waals surface area contributed by atoms with Gasteiger partial charge in [0.05, 0.1) is 19.8 Å². The molecule has 4 nitrogen and oxygen atoms in total. The first-order valence-corrected chi connectivity index (χ1v) is 5.72. The minimum absolute atomic E-state index is 0.0396. The quantitative estimate of drug-likeness (QED) is 0.856. The molecule has 0 spiro atoms. The molecule has 0 aliphatic heterocycles. The Balaban J connectivity index is 2.42. The lowest BCUT2D eigenvalue weighted by molar-refractivity contribution is 0.103. The molecule has 1 N–H and O–H groups in total. The lowest BCUT2D eigenvalue weighted by Gasteiger charge is -2.09. The fourth-order valence-electron chi connectivity index (χ4n) is 1.80. The molecule has 0 amide bonds. The molecular formula is C15H14O4. The maximum absolute atomic E-state index is 12.3. The summed E-state index contributed by atoms with van der Waals surface area (Å²) in [6.45, 7) is 0. The normalized spacial score (nSPS) is 10.0. The zero-order chi connectivity index (χ0) is 13.8. The van der Waals surface area contributed by atoms with Crippen molar-refractivity contribution in [3.05, 3.63) is 53.6 Å². The molecule has 98 valence electrons. The van der Waals surface area contributed by atoms with Crippen molar-refractivity contribution in [2.24, 2.45) is 0 Å². The van der Waals surface area contributed by atoms with Crippen LogP contribution in [0.15, 0.2) is 42.5 Å². The van der Waals surface area contributed by atoms with Gasteiger partial charge in [0.25, 0.3) is 0 Å². The standard InChI is InChI=1S/C15H14O4/c1-18-13-8-7-10(9-14(13)19-2)15(17)11-5-3-4-6-12(11)16/h3-9,16H,1-2H3. The molecule has 0 atom stereocenters. The highest BCUT2D eigenvalue weighted by Crippen LogP contribution is 2.29. The second kappa shape index (κ2) is 5.44. The van der Waals surface area contributed by atoms with Crippen LogP contribution in [0.25, 0.3) is 0 Å². The number of ketones is 1. The van der Waals surface area contributed by atoms with Gasteiger partial charge in [0.1, 0.15) is 5.75 Å². The number of carbonyl (C=O) groups is 1. The maximum atomic E-state index is 12.3. The van der Waals surface area contributed by atoms with Crippen LogP contribution in [0.1, 0.15) is 15.9 Å². The molecule has 2 rings (SSSR count). The summed E-state index contributed by atoms with van der Waals surface area (Å²) in [7, 11) is 3.04. The Kier molecular flexibility index (Phi) is 3.71. The van der Waals surface area contributed by atoms with E-state index in [0.29, 0.717) is 17.1 Å². The van der Waals surface area contributed by atoms with Crippen LogP contribution in [0.2, 0.25) is 0 Å². The first kappa shape index (κ1) is 13.0. The topological polar surface area (TPSA) is 55.8 Å². The summed E-state index contributed by atoms with van der Waals surface area (Å²) in [5, 5.41) is 9.69. The van der Waals surface area contributed by atoms with Crippen molar-refractivity contribution in [1.82, 2.24) is 0 Å². The van der Waals surface area contributed by atoms with Crippen molar-refractivity contribution in [2.75, 3.05) is 14.2 Å². The molecule has 0 fully saturated rings. The van der Waals surface area contributed by atoms with Crippen molar-refractivity contribution in [2.45, 2.75) is 0 Å². The number of ether oxygens (including phenoxy) is 2. The van der Waals surface area contributed by atoms with Gasteiger partial charge in [0.15, 0.2) is 17.3 Å². The van der Waals surface area contributed by atoms with E-state index in [1.807, 2.05) is 0 Å². The lowest BCUT2D eigenvalue weighted by Crippen LogP contribution is -2.02. The van der Waals surface area contributed by atoms with Gasteiger partial charge in [-0.05, 0) is 30.3 Å². The van der Waals surface area contributed by atoms with Gasteiger partial charge in [-0.25, -0.2) is 0 Å². The molecule has 0 aliphatic carbocycles. The Morgan fingerprint density at radius 2 is 1.68 bits per heavy atom. The summed E-state index contributed by atoms with van der Waals surface area (Å²) in [5.41, 5.74) is 0.689. The molecule has 0 aromatic heterocycles. The molecule has 0 bridgehead atoms. The van der Waals surface area contributed by atoms with E-state index in [-0.39, 0.29) is 17.1 Å². The predicted molar refractivity (Wildman–Crippen MR) is 71.1 cm³/mol. The van der Waals surface area contributed by atoms with Crippen molar-refractivity contribution >= 4 is 5.78 Å². The van der Waals surface area contributed by atoms with Gasteiger partial charge in [0, 0.05) is 5.56 Å². The molecule has 0 saturated carbocycles. The van der Waals surface area contributed by atoms with Crippen LogP contribution in [-0.2, 0) is 0 Å². The Morgan fingerprint density at radius 1 is 1.00 bits per heavy atom. The van der Waals surface area contributed by atoms with E-state index in [2.05, 4.69) is 0 Å². The first-order chi connectivity index (χ1) is 9.17. The van der Waals surface area contributed by atoms with Crippen LogP contribution in [0.4, 0.5) is 0 Å². The highest BCUT2D eigenvalue weighted by atomic mass is 16.5. The third-order valence-corrected chi connectivity index (χ3v) is 2.79. The number of phenols is 1. The lowest BCUT2D eigenvalue weighted by atomic mass is 10.0. The van der Waals surface area contributed by atoms with E-state index < -0.39 is 0 Å². The number of carbonyl (C=O) groups excluding carboxylic acids is 1. The predicted octanol–water partition coefficient (Wildman–Crippen LogP) is 2.64. The number of hydrogen-bond donors (Lipinski definition) is 1. The van der Waals surface area contributed by atoms with Gasteiger partial charge in [-0.1, -0.05) is 12.1 Å². The minimum Gasteiger partial charge on any atom is -0.507 e. The largest absolute Gasteiger partial charge is 0.507 e. The number of para-hydroxylation sites is 1. The molecule has 0 aliphatic rings. The summed E-state index contributed by atoms with van der Waals surface area (Å²) in [6.07, 6.45) is 0. The molecule has 0 heterocycles. The minimum atomic E-state index is -0.265. The third-order valence-electron chi connectivity index (χ3n) is 2.79. The molecular weight excluding hydrogens is 244 g/mol. The van der Waals surface area contributed by atoms with Gasteiger partial charge >= 0.3 is 0 Å². The number of rotatable bonds is 4. The molecule has 2 aromatic carbocycles. The Morgan fingerprint density at radius 3 is 2.32 bits per heavy atom. The van der Waals surface area contributed by atoms with Crippen LogP contribution < -0.4 is 9.47 Å². The smallest absolute Gasteiger partial charge is 0.196 e. The van der Waals surface area contributed by atoms with Gasteiger partial charge in [-0.15, -0.1) is 0 Å². The van der Waals surface area contributed by atoms with Crippen molar-refractivity contribution in [3.8, 4) is 17.2 Å². The molecule has 0 radical (unpaired) electrons.